The van der Waals surface area contributed by atoms with Crippen LogP contribution in [0, 0.1) is 0 Å². The molecule has 1 aliphatic rings. The molecule has 0 spiro atoms. The van der Waals surface area contributed by atoms with Gasteiger partial charge in [0, 0.05) is 24.7 Å². The highest BCUT2D eigenvalue weighted by atomic mass is 16.5. The van der Waals surface area contributed by atoms with Gasteiger partial charge in [-0.25, -0.2) is 5.48 Å². The predicted molar refractivity (Wildman–Crippen MR) is 120 cm³/mol. The lowest BCUT2D eigenvalue weighted by Gasteiger charge is -2.31. The molecule has 0 saturated heterocycles. The van der Waals surface area contributed by atoms with E-state index in [1.807, 2.05) is 12.1 Å². The number of hydrogen-bond donors (Lipinski definition) is 4. The van der Waals surface area contributed by atoms with Crippen LogP contribution < -0.4 is 16.5 Å². The number of hydrogen-bond acceptors (Lipinski definition) is 5. The molecule has 5 N–H and O–H groups in total. The van der Waals surface area contributed by atoms with E-state index < -0.39 is 17.9 Å². The van der Waals surface area contributed by atoms with Crippen LogP contribution in [0.25, 0.3) is 11.1 Å². The number of benzene rings is 2. The van der Waals surface area contributed by atoms with Gasteiger partial charge in [-0.2, -0.15) is 0 Å². The van der Waals surface area contributed by atoms with Gasteiger partial charge in [0.15, 0.2) is 0 Å². The van der Waals surface area contributed by atoms with Crippen molar-refractivity contribution in [2.75, 3.05) is 13.6 Å². The largest absolute Gasteiger partial charge is 0.339 e. The molecule has 166 valence electrons. The van der Waals surface area contributed by atoms with E-state index >= 15 is 0 Å². The van der Waals surface area contributed by atoms with Crippen LogP contribution >= 0.6 is 0 Å². The molecule has 2 amide bonds. The molecule has 2 aromatic rings. The van der Waals surface area contributed by atoms with Crippen molar-refractivity contribution in [2.45, 2.75) is 50.7 Å². The van der Waals surface area contributed by atoms with Crippen molar-refractivity contribution in [2.24, 2.45) is 5.73 Å². The molecule has 0 aliphatic heterocycles. The van der Waals surface area contributed by atoms with E-state index in [0.29, 0.717) is 11.6 Å². The minimum atomic E-state index is -0.989. The van der Waals surface area contributed by atoms with E-state index in [1.165, 1.54) is 43.1 Å². The zero-order valence-corrected chi connectivity index (χ0v) is 18.0. The second kappa shape index (κ2) is 11.0. The Morgan fingerprint density at radius 3 is 2.16 bits per heavy atom. The number of nitrogens with one attached hydrogen (secondary N) is 2. The molecule has 2 aromatic carbocycles. The molecule has 0 aromatic heterocycles. The maximum absolute atomic E-state index is 12.3. The van der Waals surface area contributed by atoms with Crippen LogP contribution in [0.15, 0.2) is 48.5 Å². The van der Waals surface area contributed by atoms with E-state index in [4.69, 9.17) is 10.9 Å². The number of carbonyl (C=O) groups is 2. The van der Waals surface area contributed by atoms with Gasteiger partial charge in [0.2, 0.25) is 0 Å². The summed E-state index contributed by atoms with van der Waals surface area (Å²) in [4.78, 5) is 26.3. The maximum Gasteiger partial charge on any atom is 0.267 e. The van der Waals surface area contributed by atoms with Crippen molar-refractivity contribution in [1.82, 2.24) is 15.7 Å². The van der Waals surface area contributed by atoms with E-state index in [0.717, 1.165) is 17.7 Å². The fourth-order valence-electron chi connectivity index (χ4n) is 4.11. The van der Waals surface area contributed by atoms with Crippen LogP contribution in [0.1, 0.15) is 48.0 Å². The molecule has 1 aliphatic carbocycles. The highest BCUT2D eigenvalue weighted by Crippen LogP contribution is 2.24. The zero-order chi connectivity index (χ0) is 22.2. The van der Waals surface area contributed by atoms with Gasteiger partial charge >= 0.3 is 0 Å². The van der Waals surface area contributed by atoms with Crippen molar-refractivity contribution in [3.05, 3.63) is 59.7 Å². The molecule has 7 nitrogen and oxygen atoms in total. The highest BCUT2D eigenvalue weighted by Gasteiger charge is 2.20. The van der Waals surface area contributed by atoms with Crippen molar-refractivity contribution >= 4 is 11.8 Å². The molecule has 1 saturated carbocycles. The summed E-state index contributed by atoms with van der Waals surface area (Å²) in [6.07, 6.45) is 6.63. The standard InChI is InChI=1S/C24H32N4O3/c1-28(21-5-3-2-4-6-21)16-17-7-9-18(10-8-17)19-11-13-20(14-12-19)23(29)26-22(15-25)24(30)27-31/h7-14,21-22,31H,2-6,15-16,25H2,1H3,(H,26,29)(H,27,30)/t22-/m0/s1. The number of rotatable bonds is 8. The van der Waals surface area contributed by atoms with Gasteiger partial charge in [-0.05, 0) is 48.7 Å². The van der Waals surface area contributed by atoms with Gasteiger partial charge < -0.3 is 11.1 Å². The molecule has 1 atom stereocenters. The van der Waals surface area contributed by atoms with Crippen molar-refractivity contribution in [1.29, 1.82) is 0 Å². The summed E-state index contributed by atoms with van der Waals surface area (Å²) in [6, 6.07) is 15.4. The van der Waals surface area contributed by atoms with Crippen LogP contribution in [0.2, 0.25) is 0 Å². The first-order chi connectivity index (χ1) is 15.0. The molecule has 1 fully saturated rings. The van der Waals surface area contributed by atoms with E-state index in [1.54, 1.807) is 12.1 Å². The molecular formula is C24H32N4O3. The Hall–Kier alpha value is -2.74. The van der Waals surface area contributed by atoms with Crippen LogP contribution in [0.3, 0.4) is 0 Å². The van der Waals surface area contributed by atoms with Crippen molar-refractivity contribution in [3.63, 3.8) is 0 Å². The Kier molecular flexibility index (Phi) is 8.17. The summed E-state index contributed by atoms with van der Waals surface area (Å²) in [7, 11) is 2.22. The van der Waals surface area contributed by atoms with Gasteiger partial charge in [0.1, 0.15) is 6.04 Å². The van der Waals surface area contributed by atoms with Crippen LogP contribution in [-0.4, -0.2) is 47.6 Å². The number of nitrogens with zero attached hydrogens (tertiary/aromatic N) is 1. The maximum atomic E-state index is 12.3. The van der Waals surface area contributed by atoms with Crippen molar-refractivity contribution < 1.29 is 14.8 Å². The van der Waals surface area contributed by atoms with Crippen LogP contribution in [0.5, 0.6) is 0 Å². The number of hydroxylamine groups is 1. The van der Waals surface area contributed by atoms with Crippen LogP contribution in [-0.2, 0) is 11.3 Å². The lowest BCUT2D eigenvalue weighted by molar-refractivity contribution is -0.130. The molecule has 0 radical (unpaired) electrons. The summed E-state index contributed by atoms with van der Waals surface area (Å²) in [6.45, 7) is 0.840. The average molecular weight is 425 g/mol. The Labute approximate surface area is 183 Å². The third-order valence-corrected chi connectivity index (χ3v) is 6.03. The lowest BCUT2D eigenvalue weighted by Crippen LogP contribution is -2.50. The fourth-order valence-corrected chi connectivity index (χ4v) is 4.11. The fraction of sp³-hybridized carbons (Fsp3) is 0.417. The monoisotopic (exact) mass is 424 g/mol. The topological polar surface area (TPSA) is 108 Å². The number of nitrogens with two attached hydrogens (primary N) is 1. The SMILES string of the molecule is CN(Cc1ccc(-c2ccc(C(=O)N[C@@H](CN)C(=O)NO)cc2)cc1)C1CCCCC1. The molecular weight excluding hydrogens is 392 g/mol. The Balaban J connectivity index is 1.60. The Morgan fingerprint density at radius 2 is 1.61 bits per heavy atom. The normalized spacial score (nSPS) is 15.5. The minimum Gasteiger partial charge on any atom is -0.339 e. The predicted octanol–water partition coefficient (Wildman–Crippen LogP) is 2.68. The van der Waals surface area contributed by atoms with Crippen molar-refractivity contribution in [3.8, 4) is 11.1 Å². The summed E-state index contributed by atoms with van der Waals surface area (Å²) in [5.74, 6) is -1.17. The van der Waals surface area contributed by atoms with E-state index in [9.17, 15) is 9.59 Å². The first-order valence-corrected chi connectivity index (χ1v) is 10.9. The minimum absolute atomic E-state index is 0.113. The first kappa shape index (κ1) is 22.9. The second-order valence-corrected chi connectivity index (χ2v) is 8.22. The van der Waals surface area contributed by atoms with Gasteiger partial charge in [0.05, 0.1) is 0 Å². The van der Waals surface area contributed by atoms with Gasteiger partial charge in [0.25, 0.3) is 11.8 Å². The summed E-state index contributed by atoms with van der Waals surface area (Å²) < 4.78 is 0. The molecule has 3 rings (SSSR count). The summed E-state index contributed by atoms with van der Waals surface area (Å²) >= 11 is 0. The average Bonchev–Trinajstić information content (AvgIpc) is 2.83. The van der Waals surface area contributed by atoms with Crippen LogP contribution in [0.4, 0.5) is 0 Å². The molecule has 0 heterocycles. The highest BCUT2D eigenvalue weighted by molar-refractivity contribution is 5.97. The number of amides is 2. The Bertz CT molecular complexity index is 861. The summed E-state index contributed by atoms with van der Waals surface area (Å²) in [5, 5.41) is 11.2. The van der Waals surface area contributed by atoms with Gasteiger partial charge in [-0.3, -0.25) is 19.7 Å². The lowest BCUT2D eigenvalue weighted by atomic mass is 9.94. The molecule has 7 heteroatoms. The number of carbonyl (C=O) groups excluding carboxylic acids is 2. The third-order valence-electron chi connectivity index (χ3n) is 6.03. The second-order valence-electron chi connectivity index (χ2n) is 8.22. The third kappa shape index (κ3) is 6.13. The molecule has 0 bridgehead atoms. The molecule has 31 heavy (non-hydrogen) atoms. The van der Waals surface area contributed by atoms with Gasteiger partial charge in [-0.1, -0.05) is 55.7 Å². The smallest absolute Gasteiger partial charge is 0.267 e. The molecule has 0 unspecified atom stereocenters. The van der Waals surface area contributed by atoms with Gasteiger partial charge in [-0.15, -0.1) is 0 Å². The first-order valence-electron chi connectivity index (χ1n) is 10.9. The Morgan fingerprint density at radius 1 is 1.03 bits per heavy atom. The zero-order valence-electron chi connectivity index (χ0n) is 18.0. The quantitative estimate of drug-likeness (QED) is 0.385. The summed E-state index contributed by atoms with van der Waals surface area (Å²) in [5.41, 5.74) is 10.8. The van der Waals surface area contributed by atoms with E-state index in [2.05, 4.69) is 41.5 Å². The van der Waals surface area contributed by atoms with E-state index in [-0.39, 0.29) is 6.54 Å².